The Morgan fingerprint density at radius 3 is 2.14 bits per heavy atom. The van der Waals surface area contributed by atoms with Crippen LogP contribution in [0.1, 0.15) is 11.1 Å². The van der Waals surface area contributed by atoms with Gasteiger partial charge in [-0.2, -0.15) is 0 Å². The number of amides is 2. The second-order valence-electron chi connectivity index (χ2n) is 9.57. The number of nitrogens with zero attached hydrogens (tertiary/aromatic N) is 3. The molecule has 0 aromatic heterocycles. The summed E-state index contributed by atoms with van der Waals surface area (Å²) in [7, 11) is -2.89. The number of hydrogen-bond donors (Lipinski definition) is 1. The topological polar surface area (TPSA) is 130 Å². The van der Waals surface area contributed by atoms with Gasteiger partial charge in [0.2, 0.25) is 11.8 Å². The first-order valence-electron chi connectivity index (χ1n) is 13.2. The van der Waals surface area contributed by atoms with Crippen molar-refractivity contribution < 1.29 is 22.9 Å². The van der Waals surface area contributed by atoms with Crippen molar-refractivity contribution in [3.63, 3.8) is 0 Å². The van der Waals surface area contributed by atoms with Crippen LogP contribution in [-0.2, 0) is 32.6 Å². The average molecular weight is 666 g/mol. The molecule has 10 nitrogen and oxygen atoms in total. The maximum Gasteiger partial charge on any atom is 0.271 e. The molecule has 43 heavy (non-hydrogen) atoms. The van der Waals surface area contributed by atoms with Gasteiger partial charge < -0.3 is 10.2 Å². The van der Waals surface area contributed by atoms with E-state index < -0.39 is 39.3 Å². The Bertz CT molecular complexity index is 1700. The van der Waals surface area contributed by atoms with Gasteiger partial charge in [0.05, 0.1) is 15.5 Å². The Morgan fingerprint density at radius 1 is 0.884 bits per heavy atom. The van der Waals surface area contributed by atoms with E-state index in [0.29, 0.717) is 5.56 Å². The monoisotopic (exact) mass is 664 g/mol. The second kappa shape index (κ2) is 14.1. The molecule has 0 aliphatic heterocycles. The molecule has 222 valence electrons. The van der Waals surface area contributed by atoms with E-state index in [4.69, 9.17) is 0 Å². The summed E-state index contributed by atoms with van der Waals surface area (Å²) in [6.07, 6.45) is 0.169. The minimum Gasteiger partial charge on any atom is -0.357 e. The van der Waals surface area contributed by atoms with Gasteiger partial charge in [0.1, 0.15) is 12.6 Å². The van der Waals surface area contributed by atoms with E-state index in [0.717, 1.165) is 20.4 Å². The number of carbonyl (C=O) groups is 2. The Kier molecular flexibility index (Phi) is 10.3. The molecule has 4 rings (SSSR count). The van der Waals surface area contributed by atoms with Gasteiger partial charge in [-0.25, -0.2) is 8.42 Å². The third kappa shape index (κ3) is 7.85. The van der Waals surface area contributed by atoms with Crippen molar-refractivity contribution in [2.75, 3.05) is 17.9 Å². The Morgan fingerprint density at radius 2 is 1.51 bits per heavy atom. The molecule has 0 saturated carbocycles. The Hall–Kier alpha value is -4.55. The third-order valence-corrected chi connectivity index (χ3v) is 8.98. The number of rotatable bonds is 12. The smallest absolute Gasteiger partial charge is 0.271 e. The maximum absolute atomic E-state index is 14.3. The van der Waals surface area contributed by atoms with E-state index in [1.807, 2.05) is 42.5 Å². The summed E-state index contributed by atoms with van der Waals surface area (Å²) in [5.41, 5.74) is 1.11. The van der Waals surface area contributed by atoms with E-state index in [1.54, 1.807) is 30.3 Å². The van der Waals surface area contributed by atoms with Crippen LogP contribution in [0.15, 0.2) is 119 Å². The zero-order chi connectivity index (χ0) is 31.0. The van der Waals surface area contributed by atoms with Gasteiger partial charge in [-0.3, -0.25) is 24.0 Å². The third-order valence-electron chi connectivity index (χ3n) is 6.70. The van der Waals surface area contributed by atoms with E-state index in [1.165, 1.54) is 42.3 Å². The van der Waals surface area contributed by atoms with Crippen molar-refractivity contribution in [3.05, 3.63) is 135 Å². The van der Waals surface area contributed by atoms with Gasteiger partial charge in [-0.15, -0.1) is 0 Å². The molecule has 0 bridgehead atoms. The number of anilines is 1. The molecule has 0 aliphatic carbocycles. The van der Waals surface area contributed by atoms with E-state index in [9.17, 15) is 28.1 Å². The van der Waals surface area contributed by atoms with Crippen molar-refractivity contribution in [3.8, 4) is 0 Å². The lowest BCUT2D eigenvalue weighted by molar-refractivity contribution is -0.384. The number of sulfonamides is 1. The zero-order valence-corrected chi connectivity index (χ0v) is 25.6. The summed E-state index contributed by atoms with van der Waals surface area (Å²) >= 11 is 3.44. The fraction of sp³-hybridized carbons (Fsp3) is 0.161. The molecule has 4 aromatic carbocycles. The van der Waals surface area contributed by atoms with Gasteiger partial charge in [0.15, 0.2) is 0 Å². The van der Waals surface area contributed by atoms with Gasteiger partial charge in [0.25, 0.3) is 15.7 Å². The molecule has 0 heterocycles. The summed E-state index contributed by atoms with van der Waals surface area (Å²) < 4.78 is 29.5. The number of likely N-dealkylation sites (N-methyl/N-ethyl adjacent to an activating group) is 1. The lowest BCUT2D eigenvalue weighted by Crippen LogP contribution is -2.53. The summed E-state index contributed by atoms with van der Waals surface area (Å²) in [5, 5.41) is 14.2. The van der Waals surface area contributed by atoms with Crippen LogP contribution in [0.4, 0.5) is 11.4 Å². The van der Waals surface area contributed by atoms with Gasteiger partial charge in [-0.05, 0) is 41.5 Å². The van der Waals surface area contributed by atoms with Crippen LogP contribution in [-0.4, -0.2) is 49.7 Å². The first kappa shape index (κ1) is 31.4. The summed E-state index contributed by atoms with van der Waals surface area (Å²) in [6, 6.07) is 28.0. The molecule has 0 aliphatic rings. The number of nitrogens with one attached hydrogen (secondary N) is 1. The minimum absolute atomic E-state index is 0.00262. The fourth-order valence-electron chi connectivity index (χ4n) is 4.56. The van der Waals surface area contributed by atoms with Crippen LogP contribution in [0.5, 0.6) is 0 Å². The molecule has 1 N–H and O–H groups in total. The van der Waals surface area contributed by atoms with Crippen LogP contribution in [0, 0.1) is 10.1 Å². The van der Waals surface area contributed by atoms with Crippen molar-refractivity contribution in [2.45, 2.75) is 23.9 Å². The Labute approximate surface area is 258 Å². The molecular weight excluding hydrogens is 636 g/mol. The standard InChI is InChI=1S/C31H29BrN4O6S/c1-33-31(38)29(19-23-10-4-2-5-11-23)34(21-24-12-8-13-25(32)18-24)30(37)22-35(26-14-9-15-27(20-26)36(39)40)43(41,42)28-16-6-3-7-17-28/h2-18,20,29H,19,21-22H2,1H3,(H,33,38)/t29-/m0/s1. The van der Waals surface area contributed by atoms with E-state index in [2.05, 4.69) is 21.2 Å². The number of halogens is 1. The molecule has 0 fully saturated rings. The SMILES string of the molecule is CNC(=O)[C@H](Cc1ccccc1)N(Cc1cccc(Br)c1)C(=O)CN(c1cccc([N+](=O)[O-])c1)S(=O)(=O)c1ccccc1. The molecule has 0 radical (unpaired) electrons. The Balaban J connectivity index is 1.81. The molecule has 0 unspecified atom stereocenters. The van der Waals surface area contributed by atoms with E-state index in [-0.39, 0.29) is 29.2 Å². The molecule has 12 heteroatoms. The van der Waals surface area contributed by atoms with Crippen LogP contribution in [0.3, 0.4) is 0 Å². The number of nitro groups is 1. The molecule has 0 spiro atoms. The van der Waals surface area contributed by atoms with Crippen LogP contribution < -0.4 is 9.62 Å². The quantitative estimate of drug-likeness (QED) is 0.169. The van der Waals surface area contributed by atoms with Gasteiger partial charge in [-0.1, -0.05) is 82.7 Å². The average Bonchev–Trinajstić information content (AvgIpc) is 3.02. The van der Waals surface area contributed by atoms with Crippen LogP contribution in [0.25, 0.3) is 0 Å². The number of carbonyl (C=O) groups excluding carboxylic acids is 2. The van der Waals surface area contributed by atoms with Crippen molar-refractivity contribution >= 4 is 49.1 Å². The highest BCUT2D eigenvalue weighted by molar-refractivity contribution is 9.10. The first-order chi connectivity index (χ1) is 20.6. The minimum atomic E-state index is -4.36. The van der Waals surface area contributed by atoms with E-state index >= 15 is 0 Å². The molecule has 1 atom stereocenters. The lowest BCUT2D eigenvalue weighted by atomic mass is 10.0. The molecule has 4 aromatic rings. The zero-order valence-electron chi connectivity index (χ0n) is 23.2. The number of nitro benzene ring substituents is 1. The normalized spacial score (nSPS) is 11.8. The van der Waals surface area contributed by atoms with Gasteiger partial charge >= 0.3 is 0 Å². The van der Waals surface area contributed by atoms with Crippen LogP contribution in [0.2, 0.25) is 0 Å². The fourth-order valence-corrected chi connectivity index (χ4v) is 6.44. The van der Waals surface area contributed by atoms with Crippen molar-refractivity contribution in [1.82, 2.24) is 10.2 Å². The molecule has 0 saturated heterocycles. The summed E-state index contributed by atoms with van der Waals surface area (Å²) in [5.74, 6) is -1.10. The van der Waals surface area contributed by atoms with Crippen molar-refractivity contribution in [1.29, 1.82) is 0 Å². The molecular formula is C31H29BrN4O6S. The number of benzene rings is 4. The largest absolute Gasteiger partial charge is 0.357 e. The van der Waals surface area contributed by atoms with Crippen LogP contribution >= 0.6 is 15.9 Å². The maximum atomic E-state index is 14.3. The highest BCUT2D eigenvalue weighted by Crippen LogP contribution is 2.28. The lowest BCUT2D eigenvalue weighted by Gasteiger charge is -2.33. The first-order valence-corrected chi connectivity index (χ1v) is 15.4. The number of hydrogen-bond acceptors (Lipinski definition) is 6. The van der Waals surface area contributed by atoms with Crippen molar-refractivity contribution in [2.24, 2.45) is 0 Å². The number of non-ortho nitro benzene ring substituents is 1. The highest BCUT2D eigenvalue weighted by atomic mass is 79.9. The summed E-state index contributed by atoms with van der Waals surface area (Å²) in [6.45, 7) is -0.716. The molecule has 2 amide bonds. The summed E-state index contributed by atoms with van der Waals surface area (Å²) in [4.78, 5) is 39.7. The highest BCUT2D eigenvalue weighted by Gasteiger charge is 2.34. The predicted molar refractivity (Wildman–Crippen MR) is 167 cm³/mol. The van der Waals surface area contributed by atoms with Gasteiger partial charge in [0, 0.05) is 36.6 Å². The predicted octanol–water partition coefficient (Wildman–Crippen LogP) is 4.94. The second-order valence-corrected chi connectivity index (χ2v) is 12.4.